The predicted molar refractivity (Wildman–Crippen MR) is 151 cm³/mol. The SMILES string of the molecule is CC1(C)CCC(C)(C)c2c(N3CCN(CCC(=O)O)CC3)cc(C(=O)/C=C\c3ccc(C(=O)O)c(O)c3)cc21. The Labute approximate surface area is 229 Å². The fourth-order valence-electron chi connectivity index (χ4n) is 5.72. The average molecular weight is 535 g/mol. The Morgan fingerprint density at radius 1 is 0.923 bits per heavy atom. The number of rotatable bonds is 8. The van der Waals surface area contributed by atoms with Crippen molar-refractivity contribution >= 4 is 29.5 Å². The molecule has 0 unspecified atom stereocenters. The van der Waals surface area contributed by atoms with Gasteiger partial charge in [0.25, 0.3) is 0 Å². The summed E-state index contributed by atoms with van der Waals surface area (Å²) >= 11 is 0. The topological polar surface area (TPSA) is 118 Å². The van der Waals surface area contributed by atoms with Crippen molar-refractivity contribution in [1.29, 1.82) is 0 Å². The maximum Gasteiger partial charge on any atom is 0.339 e. The molecule has 0 aromatic heterocycles. The number of carboxylic acid groups (broad SMARTS) is 2. The van der Waals surface area contributed by atoms with Gasteiger partial charge in [0, 0.05) is 44.0 Å². The van der Waals surface area contributed by atoms with Gasteiger partial charge >= 0.3 is 11.9 Å². The molecule has 8 heteroatoms. The zero-order valence-electron chi connectivity index (χ0n) is 23.2. The van der Waals surface area contributed by atoms with Crippen LogP contribution in [-0.4, -0.2) is 70.7 Å². The maximum atomic E-state index is 13.4. The first-order chi connectivity index (χ1) is 18.3. The van der Waals surface area contributed by atoms with E-state index >= 15 is 0 Å². The summed E-state index contributed by atoms with van der Waals surface area (Å²) < 4.78 is 0. The number of hydrogen-bond acceptors (Lipinski definition) is 6. The van der Waals surface area contributed by atoms with Crippen LogP contribution in [0.4, 0.5) is 5.69 Å². The van der Waals surface area contributed by atoms with Crippen molar-refractivity contribution in [3.05, 3.63) is 64.2 Å². The highest BCUT2D eigenvalue weighted by atomic mass is 16.4. The Balaban J connectivity index is 1.68. The molecule has 0 radical (unpaired) electrons. The maximum absolute atomic E-state index is 13.4. The van der Waals surface area contributed by atoms with E-state index in [0.29, 0.717) is 17.7 Å². The van der Waals surface area contributed by atoms with Crippen molar-refractivity contribution in [2.75, 3.05) is 37.6 Å². The highest BCUT2D eigenvalue weighted by molar-refractivity contribution is 6.08. The number of phenols is 1. The number of carbonyl (C=O) groups excluding carboxylic acids is 1. The molecule has 2 aromatic rings. The van der Waals surface area contributed by atoms with Gasteiger partial charge in [-0.3, -0.25) is 14.5 Å². The molecule has 1 fully saturated rings. The molecule has 8 nitrogen and oxygen atoms in total. The molecular formula is C31H38N2O6. The number of benzene rings is 2. The molecule has 39 heavy (non-hydrogen) atoms. The van der Waals surface area contributed by atoms with Gasteiger partial charge in [-0.05, 0) is 70.7 Å². The van der Waals surface area contributed by atoms with Crippen molar-refractivity contribution in [1.82, 2.24) is 4.90 Å². The first-order valence-electron chi connectivity index (χ1n) is 13.5. The fraction of sp³-hybridized carbons (Fsp3) is 0.452. The average Bonchev–Trinajstić information content (AvgIpc) is 2.88. The molecule has 0 amide bonds. The molecule has 0 spiro atoms. The van der Waals surface area contributed by atoms with Gasteiger partial charge < -0.3 is 20.2 Å². The number of anilines is 1. The van der Waals surface area contributed by atoms with E-state index in [2.05, 4.69) is 37.5 Å². The minimum atomic E-state index is -1.21. The van der Waals surface area contributed by atoms with Crippen LogP contribution in [0.5, 0.6) is 5.75 Å². The lowest BCUT2D eigenvalue weighted by atomic mass is 9.62. The number of piperazine rings is 1. The van der Waals surface area contributed by atoms with Crippen LogP contribution in [0.1, 0.15) is 84.4 Å². The normalized spacial score (nSPS) is 18.6. The van der Waals surface area contributed by atoms with E-state index in [9.17, 15) is 19.5 Å². The van der Waals surface area contributed by atoms with Gasteiger partial charge in [0.15, 0.2) is 5.78 Å². The van der Waals surface area contributed by atoms with Crippen molar-refractivity contribution < 1.29 is 29.7 Å². The summed E-state index contributed by atoms with van der Waals surface area (Å²) in [5, 5.41) is 28.2. The quantitative estimate of drug-likeness (QED) is 0.322. The van der Waals surface area contributed by atoms with Crippen LogP contribution in [0.25, 0.3) is 6.08 Å². The highest BCUT2D eigenvalue weighted by Gasteiger charge is 2.40. The van der Waals surface area contributed by atoms with E-state index in [-0.39, 0.29) is 34.3 Å². The van der Waals surface area contributed by atoms with E-state index in [1.54, 1.807) is 12.1 Å². The number of hydrogen-bond donors (Lipinski definition) is 3. The predicted octanol–water partition coefficient (Wildman–Crippen LogP) is 4.93. The van der Waals surface area contributed by atoms with Gasteiger partial charge in [0.1, 0.15) is 11.3 Å². The molecule has 2 aromatic carbocycles. The van der Waals surface area contributed by atoms with Crippen LogP contribution >= 0.6 is 0 Å². The molecule has 1 aliphatic heterocycles. The second-order valence-corrected chi connectivity index (χ2v) is 11.9. The lowest BCUT2D eigenvalue weighted by Gasteiger charge is -2.46. The number of nitrogens with zero attached hydrogens (tertiary/aromatic N) is 2. The van der Waals surface area contributed by atoms with Gasteiger partial charge in [-0.1, -0.05) is 39.8 Å². The number of carboxylic acids is 2. The Morgan fingerprint density at radius 2 is 1.59 bits per heavy atom. The highest BCUT2D eigenvalue weighted by Crippen LogP contribution is 2.50. The van der Waals surface area contributed by atoms with Crippen LogP contribution in [0.15, 0.2) is 36.4 Å². The summed E-state index contributed by atoms with van der Waals surface area (Å²) in [5.41, 5.74) is 4.32. The fourth-order valence-corrected chi connectivity index (χ4v) is 5.72. The van der Waals surface area contributed by atoms with Crippen LogP contribution in [0.2, 0.25) is 0 Å². The van der Waals surface area contributed by atoms with Crippen LogP contribution < -0.4 is 4.90 Å². The second kappa shape index (κ2) is 10.8. The third kappa shape index (κ3) is 6.17. The molecule has 2 aliphatic rings. The molecule has 0 saturated carbocycles. The number of fused-ring (bicyclic) bond motifs is 1. The summed E-state index contributed by atoms with van der Waals surface area (Å²) in [6.45, 7) is 12.6. The van der Waals surface area contributed by atoms with Gasteiger partial charge in [-0.2, -0.15) is 0 Å². The monoisotopic (exact) mass is 534 g/mol. The van der Waals surface area contributed by atoms with E-state index < -0.39 is 11.9 Å². The third-order valence-corrected chi connectivity index (χ3v) is 8.22. The largest absolute Gasteiger partial charge is 0.507 e. The summed E-state index contributed by atoms with van der Waals surface area (Å²) in [6.07, 6.45) is 5.23. The molecule has 3 N–H and O–H groups in total. The lowest BCUT2D eigenvalue weighted by molar-refractivity contribution is -0.137. The van der Waals surface area contributed by atoms with Crippen LogP contribution in [0.3, 0.4) is 0 Å². The first kappa shape index (κ1) is 28.4. The Bertz CT molecular complexity index is 1320. The number of aliphatic carboxylic acids is 1. The van der Waals surface area contributed by atoms with Crippen LogP contribution in [-0.2, 0) is 15.6 Å². The van der Waals surface area contributed by atoms with Crippen molar-refractivity contribution in [2.24, 2.45) is 0 Å². The molecule has 4 rings (SSSR count). The van der Waals surface area contributed by atoms with Gasteiger partial charge in [0.05, 0.1) is 6.42 Å². The second-order valence-electron chi connectivity index (χ2n) is 11.9. The minimum absolute atomic E-state index is 0.0541. The van der Waals surface area contributed by atoms with Crippen LogP contribution in [0, 0.1) is 0 Å². The summed E-state index contributed by atoms with van der Waals surface area (Å²) in [7, 11) is 0. The van der Waals surface area contributed by atoms with E-state index in [4.69, 9.17) is 10.2 Å². The number of allylic oxidation sites excluding steroid dienone is 1. The Hall–Kier alpha value is -3.65. The van der Waals surface area contributed by atoms with Gasteiger partial charge in [-0.25, -0.2) is 4.79 Å². The lowest BCUT2D eigenvalue weighted by Crippen LogP contribution is -2.48. The molecule has 208 valence electrons. The summed E-state index contributed by atoms with van der Waals surface area (Å²) in [4.78, 5) is 40.1. The van der Waals surface area contributed by atoms with Crippen molar-refractivity contribution in [3.8, 4) is 5.75 Å². The molecular weight excluding hydrogens is 496 g/mol. The number of ketones is 1. The summed E-state index contributed by atoms with van der Waals surface area (Å²) in [6, 6.07) is 8.23. The Kier molecular flexibility index (Phi) is 7.89. The van der Waals surface area contributed by atoms with E-state index in [1.807, 2.05) is 12.1 Å². The van der Waals surface area contributed by atoms with Gasteiger partial charge in [0.2, 0.25) is 0 Å². The standard InChI is InChI=1S/C31H38N2O6/c1-30(2)10-11-31(3,4)28-23(30)18-21(19-24(28)33-15-13-32(14-16-33)12-9-27(36)37)25(34)8-6-20-5-7-22(29(38)39)26(35)17-20/h5-8,17-19,35H,9-16H2,1-4H3,(H,36,37)(H,38,39)/b8-6-. The molecule has 0 bridgehead atoms. The Morgan fingerprint density at radius 3 is 2.21 bits per heavy atom. The number of aromatic carboxylic acids is 1. The zero-order chi connectivity index (χ0) is 28.5. The molecule has 1 aliphatic carbocycles. The van der Waals surface area contributed by atoms with Gasteiger partial charge in [-0.15, -0.1) is 0 Å². The first-order valence-corrected chi connectivity index (χ1v) is 13.5. The molecule has 1 heterocycles. The number of carbonyl (C=O) groups is 3. The minimum Gasteiger partial charge on any atom is -0.507 e. The number of aromatic hydroxyl groups is 1. The van der Waals surface area contributed by atoms with E-state index in [0.717, 1.165) is 44.7 Å². The van der Waals surface area contributed by atoms with E-state index in [1.165, 1.54) is 29.3 Å². The van der Waals surface area contributed by atoms with Crippen molar-refractivity contribution in [3.63, 3.8) is 0 Å². The molecule has 1 saturated heterocycles. The summed E-state index contributed by atoms with van der Waals surface area (Å²) in [5.74, 6) is -2.52. The zero-order valence-corrected chi connectivity index (χ0v) is 23.2. The smallest absolute Gasteiger partial charge is 0.339 e. The van der Waals surface area contributed by atoms with Crippen molar-refractivity contribution in [2.45, 2.75) is 57.8 Å². The molecule has 0 atom stereocenters. The third-order valence-electron chi connectivity index (χ3n) is 8.22.